The summed E-state index contributed by atoms with van der Waals surface area (Å²) in [5, 5.41) is 23.5. The van der Waals surface area contributed by atoms with Crippen LogP contribution in [0.1, 0.15) is 29.8 Å². The fraction of sp³-hybridized carbons (Fsp3) is 0.400. The lowest BCUT2D eigenvalue weighted by atomic mass is 9.72. The van der Waals surface area contributed by atoms with Gasteiger partial charge in [-0.05, 0) is 42.7 Å². The Morgan fingerprint density at radius 3 is 2.09 bits per heavy atom. The van der Waals surface area contributed by atoms with Gasteiger partial charge in [0, 0.05) is 13.1 Å². The lowest BCUT2D eigenvalue weighted by Gasteiger charge is -2.43. The van der Waals surface area contributed by atoms with E-state index in [2.05, 4.69) is 25.4 Å². The molecule has 1 aliphatic heterocycles. The van der Waals surface area contributed by atoms with Crippen LogP contribution in [0.15, 0.2) is 36.4 Å². The zero-order chi connectivity index (χ0) is 23.9. The van der Waals surface area contributed by atoms with Crippen LogP contribution in [0.3, 0.4) is 0 Å². The molecule has 7 nitrogen and oxygen atoms in total. The third kappa shape index (κ3) is 4.36. The van der Waals surface area contributed by atoms with Crippen LogP contribution >= 0.6 is 0 Å². The number of halogens is 6. The number of aromatic nitrogens is 5. The maximum Gasteiger partial charge on any atom is 0.416 e. The third-order valence-electron chi connectivity index (χ3n) is 5.81. The Morgan fingerprint density at radius 2 is 1.61 bits per heavy atom. The first-order valence-electron chi connectivity index (χ1n) is 9.89. The van der Waals surface area contributed by atoms with Gasteiger partial charge in [0.15, 0.2) is 11.6 Å². The number of aliphatic hydroxyl groups excluding tert-OH is 1. The van der Waals surface area contributed by atoms with Crippen LogP contribution in [-0.4, -0.2) is 49.8 Å². The zero-order valence-electron chi connectivity index (χ0n) is 17.0. The number of piperidine rings is 1. The molecule has 1 aromatic carbocycles. The lowest BCUT2D eigenvalue weighted by molar-refractivity contribution is -0.196. The minimum Gasteiger partial charge on any atom is -0.388 e. The maximum absolute atomic E-state index is 14.1. The van der Waals surface area contributed by atoms with Gasteiger partial charge in [0.2, 0.25) is 5.82 Å². The fourth-order valence-electron chi connectivity index (χ4n) is 3.93. The van der Waals surface area contributed by atoms with Crippen LogP contribution in [0.2, 0.25) is 0 Å². The highest BCUT2D eigenvalue weighted by atomic mass is 19.4. The van der Waals surface area contributed by atoms with E-state index in [0.29, 0.717) is 23.6 Å². The molecule has 0 atom stereocenters. The van der Waals surface area contributed by atoms with Gasteiger partial charge in [0.05, 0.1) is 11.0 Å². The minimum atomic E-state index is -4.63. The van der Waals surface area contributed by atoms with E-state index in [1.54, 1.807) is 17.0 Å². The molecule has 4 rings (SSSR count). The molecule has 0 spiro atoms. The van der Waals surface area contributed by atoms with Crippen LogP contribution in [0.4, 0.5) is 32.2 Å². The summed E-state index contributed by atoms with van der Waals surface area (Å²) < 4.78 is 80.8. The normalized spacial score (nSPS) is 16.8. The van der Waals surface area contributed by atoms with Crippen LogP contribution in [0.25, 0.3) is 11.5 Å². The Labute approximate surface area is 183 Å². The lowest BCUT2D eigenvalue weighted by Crippen LogP contribution is -2.51. The Kier molecular flexibility index (Phi) is 5.76. The van der Waals surface area contributed by atoms with Gasteiger partial charge in [-0.3, -0.25) is 5.10 Å². The number of nitrogens with one attached hydrogen (secondary N) is 1. The van der Waals surface area contributed by atoms with Gasteiger partial charge in [-0.25, -0.2) is 4.98 Å². The SMILES string of the molecule is OCc1nc(-c2ccc(N3CCC(c4ccc(C(F)(F)F)cc4)(C(F)(F)F)CC3)nn2)n[nH]1. The van der Waals surface area contributed by atoms with Crippen molar-refractivity contribution in [3.05, 3.63) is 53.3 Å². The number of aliphatic hydroxyl groups is 1. The molecule has 13 heteroatoms. The van der Waals surface area contributed by atoms with Crippen LogP contribution in [0.5, 0.6) is 0 Å². The highest BCUT2D eigenvalue weighted by Gasteiger charge is 2.56. The van der Waals surface area contributed by atoms with Gasteiger partial charge >= 0.3 is 12.4 Å². The van der Waals surface area contributed by atoms with Gasteiger partial charge in [-0.15, -0.1) is 10.2 Å². The quantitative estimate of drug-likeness (QED) is 0.561. The number of alkyl halides is 6. The van der Waals surface area contributed by atoms with Crippen molar-refractivity contribution < 1.29 is 31.4 Å². The molecule has 3 aromatic rings. The highest BCUT2D eigenvalue weighted by molar-refractivity contribution is 5.51. The van der Waals surface area contributed by atoms with E-state index in [1.807, 2.05) is 0 Å². The summed E-state index contributed by atoms with van der Waals surface area (Å²) in [6.45, 7) is -0.347. The first-order chi connectivity index (χ1) is 15.5. The maximum atomic E-state index is 14.1. The topological polar surface area (TPSA) is 90.8 Å². The molecule has 0 radical (unpaired) electrons. The van der Waals surface area contributed by atoms with Crippen molar-refractivity contribution in [3.8, 4) is 11.5 Å². The molecule has 0 saturated carbocycles. The molecule has 176 valence electrons. The predicted octanol–water partition coefficient (Wildman–Crippen LogP) is 3.87. The van der Waals surface area contributed by atoms with Gasteiger partial charge in [0.1, 0.15) is 12.3 Å². The number of nitrogens with zero attached hydrogens (tertiary/aromatic N) is 5. The van der Waals surface area contributed by atoms with Crippen molar-refractivity contribution in [3.63, 3.8) is 0 Å². The minimum absolute atomic E-state index is 0.0100. The summed E-state index contributed by atoms with van der Waals surface area (Å²) in [4.78, 5) is 5.65. The summed E-state index contributed by atoms with van der Waals surface area (Å²) in [5.41, 5.74) is -3.11. The van der Waals surface area contributed by atoms with Gasteiger partial charge in [-0.2, -0.15) is 31.4 Å². The van der Waals surface area contributed by atoms with Crippen LogP contribution < -0.4 is 4.90 Å². The summed E-state index contributed by atoms with van der Waals surface area (Å²) in [6, 6.07) is 6.34. The van der Waals surface area contributed by atoms with Crippen molar-refractivity contribution in [2.75, 3.05) is 18.0 Å². The van der Waals surface area contributed by atoms with E-state index < -0.39 is 23.3 Å². The molecule has 0 unspecified atom stereocenters. The van der Waals surface area contributed by atoms with E-state index in [-0.39, 0.29) is 49.8 Å². The number of H-pyrrole nitrogens is 1. The Bertz CT molecular complexity index is 1090. The van der Waals surface area contributed by atoms with Crippen LogP contribution in [-0.2, 0) is 18.2 Å². The standard InChI is InChI=1S/C20H18F6N6O/c21-19(22,23)13-3-1-12(2-4-13)18(20(24,25)26)7-9-32(10-8-18)16-6-5-14(28-30-16)17-27-15(11-33)29-31-17/h1-6,33H,7-11H2,(H,27,29,31). The predicted molar refractivity (Wildman–Crippen MR) is 104 cm³/mol. The Hall–Kier alpha value is -3.22. The van der Waals surface area contributed by atoms with Crippen molar-refractivity contribution in [1.82, 2.24) is 25.4 Å². The summed E-state index contributed by atoms with van der Waals surface area (Å²) >= 11 is 0. The van der Waals surface area contributed by atoms with E-state index >= 15 is 0 Å². The zero-order valence-corrected chi connectivity index (χ0v) is 17.0. The molecular formula is C20H18F6N6O. The summed E-state index contributed by atoms with van der Waals surface area (Å²) in [5.74, 6) is 0.827. The van der Waals surface area contributed by atoms with Gasteiger partial charge in [-0.1, -0.05) is 12.1 Å². The molecule has 1 saturated heterocycles. The van der Waals surface area contributed by atoms with E-state index in [9.17, 15) is 26.3 Å². The smallest absolute Gasteiger partial charge is 0.388 e. The second kappa shape index (κ2) is 8.28. The molecule has 1 aliphatic rings. The van der Waals surface area contributed by atoms with Crippen molar-refractivity contribution in [2.45, 2.75) is 37.2 Å². The number of hydrogen-bond acceptors (Lipinski definition) is 6. The van der Waals surface area contributed by atoms with Crippen LogP contribution in [0, 0.1) is 0 Å². The van der Waals surface area contributed by atoms with Crippen molar-refractivity contribution >= 4 is 5.82 Å². The highest BCUT2D eigenvalue weighted by Crippen LogP contribution is 2.49. The Morgan fingerprint density at radius 1 is 0.939 bits per heavy atom. The van der Waals surface area contributed by atoms with E-state index in [4.69, 9.17) is 5.11 Å². The molecule has 0 amide bonds. The molecule has 2 N–H and O–H groups in total. The molecule has 33 heavy (non-hydrogen) atoms. The average Bonchev–Trinajstić information content (AvgIpc) is 3.27. The Balaban J connectivity index is 1.52. The third-order valence-corrected chi connectivity index (χ3v) is 5.81. The monoisotopic (exact) mass is 472 g/mol. The molecule has 1 fully saturated rings. The van der Waals surface area contributed by atoms with E-state index in [0.717, 1.165) is 12.1 Å². The molecular weight excluding hydrogens is 454 g/mol. The largest absolute Gasteiger partial charge is 0.416 e. The molecule has 3 heterocycles. The first-order valence-corrected chi connectivity index (χ1v) is 9.89. The van der Waals surface area contributed by atoms with Crippen molar-refractivity contribution in [1.29, 1.82) is 0 Å². The average molecular weight is 472 g/mol. The molecule has 0 bridgehead atoms. The number of rotatable bonds is 4. The number of benzene rings is 1. The molecule has 0 aliphatic carbocycles. The second-order valence-corrected chi connectivity index (χ2v) is 7.68. The number of hydrogen-bond donors (Lipinski definition) is 2. The van der Waals surface area contributed by atoms with Gasteiger partial charge in [0.25, 0.3) is 0 Å². The second-order valence-electron chi connectivity index (χ2n) is 7.68. The van der Waals surface area contributed by atoms with Gasteiger partial charge < -0.3 is 10.0 Å². The van der Waals surface area contributed by atoms with Crippen molar-refractivity contribution in [2.24, 2.45) is 0 Å². The fourth-order valence-corrected chi connectivity index (χ4v) is 3.93. The number of aromatic amines is 1. The first kappa shape index (κ1) is 23.0. The number of anilines is 1. The summed E-state index contributed by atoms with van der Waals surface area (Å²) in [6.07, 6.45) is -9.94. The molecule has 2 aromatic heterocycles. The summed E-state index contributed by atoms with van der Waals surface area (Å²) in [7, 11) is 0. The van der Waals surface area contributed by atoms with E-state index in [1.165, 1.54) is 0 Å².